The third-order valence-corrected chi connectivity index (χ3v) is 6.28. The van der Waals surface area contributed by atoms with Gasteiger partial charge in [-0.3, -0.25) is 14.3 Å². The number of para-hydroxylation sites is 1. The summed E-state index contributed by atoms with van der Waals surface area (Å²) >= 11 is 0. The number of amides is 1. The van der Waals surface area contributed by atoms with Crippen molar-refractivity contribution in [3.63, 3.8) is 0 Å². The van der Waals surface area contributed by atoms with E-state index in [2.05, 4.69) is 20.4 Å². The summed E-state index contributed by atoms with van der Waals surface area (Å²) < 4.78 is 36.2. The summed E-state index contributed by atoms with van der Waals surface area (Å²) in [6.07, 6.45) is 2.53. The number of rotatable bonds is 7. The highest BCUT2D eigenvalue weighted by Gasteiger charge is 2.26. The summed E-state index contributed by atoms with van der Waals surface area (Å²) in [5, 5.41) is 12.1. The SMILES string of the molecule is COCCn1ncc2c(N3CC[C@@H](N)C3)c(NC(=O)c3ccc(=O)n(-c4c(F)cccc4F)n3)ccc21. The Morgan fingerprint density at radius 3 is 2.65 bits per heavy atom. The largest absolute Gasteiger partial charge is 0.383 e. The van der Waals surface area contributed by atoms with E-state index in [0.29, 0.717) is 36.6 Å². The monoisotopic (exact) mass is 509 g/mol. The van der Waals surface area contributed by atoms with Crippen LogP contribution in [0.15, 0.2) is 53.5 Å². The van der Waals surface area contributed by atoms with Gasteiger partial charge in [0.2, 0.25) is 0 Å². The summed E-state index contributed by atoms with van der Waals surface area (Å²) in [5.74, 6) is -2.60. The van der Waals surface area contributed by atoms with E-state index in [1.165, 1.54) is 12.1 Å². The number of hydrogen-bond donors (Lipinski definition) is 2. The molecule has 1 amide bonds. The molecule has 0 spiro atoms. The van der Waals surface area contributed by atoms with Crippen molar-refractivity contribution in [3.05, 3.63) is 76.3 Å². The van der Waals surface area contributed by atoms with Gasteiger partial charge in [0.25, 0.3) is 11.5 Å². The second kappa shape index (κ2) is 10.1. The van der Waals surface area contributed by atoms with Crippen LogP contribution in [0.4, 0.5) is 20.2 Å². The molecule has 37 heavy (non-hydrogen) atoms. The lowest BCUT2D eigenvalue weighted by atomic mass is 10.1. The zero-order valence-electron chi connectivity index (χ0n) is 20.0. The number of fused-ring (bicyclic) bond motifs is 1. The first-order valence-electron chi connectivity index (χ1n) is 11.7. The topological polar surface area (TPSA) is 120 Å². The Labute approximate surface area is 210 Å². The summed E-state index contributed by atoms with van der Waals surface area (Å²) in [5.41, 5.74) is 6.66. The van der Waals surface area contributed by atoms with E-state index >= 15 is 0 Å². The number of carbonyl (C=O) groups excluding carboxylic acids is 1. The summed E-state index contributed by atoms with van der Waals surface area (Å²) in [6.45, 7) is 2.34. The molecule has 0 bridgehead atoms. The van der Waals surface area contributed by atoms with E-state index in [1.807, 2.05) is 10.7 Å². The number of nitrogens with one attached hydrogen (secondary N) is 1. The fourth-order valence-corrected chi connectivity index (χ4v) is 4.50. The van der Waals surface area contributed by atoms with Crippen LogP contribution in [0.2, 0.25) is 0 Å². The number of nitrogens with zero attached hydrogens (tertiary/aromatic N) is 5. The van der Waals surface area contributed by atoms with Gasteiger partial charge in [0.05, 0.1) is 36.2 Å². The molecule has 0 saturated carbocycles. The van der Waals surface area contributed by atoms with Gasteiger partial charge in [0.1, 0.15) is 11.4 Å². The van der Waals surface area contributed by atoms with Crippen LogP contribution in [0, 0.1) is 11.6 Å². The third-order valence-electron chi connectivity index (χ3n) is 6.28. The molecule has 4 aromatic rings. The van der Waals surface area contributed by atoms with Gasteiger partial charge < -0.3 is 20.7 Å². The van der Waals surface area contributed by atoms with E-state index < -0.39 is 28.8 Å². The predicted octanol–water partition coefficient (Wildman–Crippen LogP) is 2.30. The van der Waals surface area contributed by atoms with Gasteiger partial charge in [-0.05, 0) is 36.8 Å². The van der Waals surface area contributed by atoms with Crippen molar-refractivity contribution in [1.82, 2.24) is 19.6 Å². The Morgan fingerprint density at radius 1 is 1.16 bits per heavy atom. The fourth-order valence-electron chi connectivity index (χ4n) is 4.50. The molecule has 5 rings (SSSR count). The predicted molar refractivity (Wildman–Crippen MR) is 134 cm³/mol. The Kier molecular flexibility index (Phi) is 6.68. The van der Waals surface area contributed by atoms with Gasteiger partial charge in [0, 0.05) is 37.7 Å². The quantitative estimate of drug-likeness (QED) is 0.392. The van der Waals surface area contributed by atoms with Gasteiger partial charge in [-0.15, -0.1) is 0 Å². The van der Waals surface area contributed by atoms with Crippen molar-refractivity contribution in [2.75, 3.05) is 37.0 Å². The summed E-state index contributed by atoms with van der Waals surface area (Å²) in [6, 6.07) is 9.03. The minimum atomic E-state index is -0.976. The van der Waals surface area contributed by atoms with Gasteiger partial charge in [-0.25, -0.2) is 8.78 Å². The molecule has 0 radical (unpaired) electrons. The standard InChI is InChI=1S/C25H25F2N7O3/c1-37-12-11-33-21-7-5-19(23(16(21)13-29-33)32-10-9-15(28)14-32)30-25(36)20-6-8-22(35)34(31-20)24-17(26)3-2-4-18(24)27/h2-8,13,15H,9-12,14,28H2,1H3,(H,30,36)/t15-/m1/s1. The van der Waals surface area contributed by atoms with Crippen LogP contribution >= 0.6 is 0 Å². The molecule has 1 fully saturated rings. The van der Waals surface area contributed by atoms with Crippen molar-refractivity contribution in [3.8, 4) is 5.69 Å². The lowest BCUT2D eigenvalue weighted by Gasteiger charge is -2.23. The number of carbonyl (C=O) groups is 1. The van der Waals surface area contributed by atoms with Gasteiger partial charge in [0.15, 0.2) is 11.6 Å². The van der Waals surface area contributed by atoms with Crippen molar-refractivity contribution in [2.24, 2.45) is 5.73 Å². The van der Waals surface area contributed by atoms with E-state index in [4.69, 9.17) is 10.5 Å². The van der Waals surface area contributed by atoms with Crippen LogP contribution in [0.1, 0.15) is 16.9 Å². The maximum atomic E-state index is 14.3. The molecule has 3 heterocycles. The number of halogens is 2. The second-order valence-electron chi connectivity index (χ2n) is 8.74. The van der Waals surface area contributed by atoms with Crippen LogP contribution in [0.25, 0.3) is 16.6 Å². The molecular weight excluding hydrogens is 484 g/mol. The first kappa shape index (κ1) is 24.5. The van der Waals surface area contributed by atoms with Crippen molar-refractivity contribution in [2.45, 2.75) is 19.0 Å². The highest BCUT2D eigenvalue weighted by molar-refractivity contribution is 6.08. The van der Waals surface area contributed by atoms with E-state index in [-0.39, 0.29) is 11.7 Å². The van der Waals surface area contributed by atoms with Gasteiger partial charge in [-0.2, -0.15) is 14.9 Å². The Morgan fingerprint density at radius 2 is 1.95 bits per heavy atom. The van der Waals surface area contributed by atoms with Crippen molar-refractivity contribution < 1.29 is 18.3 Å². The Bertz CT molecular complexity index is 1510. The first-order valence-corrected chi connectivity index (χ1v) is 11.7. The Balaban J connectivity index is 1.53. The maximum absolute atomic E-state index is 14.3. The van der Waals surface area contributed by atoms with E-state index in [1.54, 1.807) is 19.4 Å². The van der Waals surface area contributed by atoms with Crippen molar-refractivity contribution >= 4 is 28.2 Å². The maximum Gasteiger partial charge on any atom is 0.276 e. The molecule has 2 aromatic heterocycles. The molecule has 192 valence electrons. The van der Waals surface area contributed by atoms with Gasteiger partial charge >= 0.3 is 0 Å². The fraction of sp³-hybridized carbons (Fsp3) is 0.280. The van der Waals surface area contributed by atoms with Crippen LogP contribution in [-0.4, -0.2) is 58.3 Å². The average molecular weight is 510 g/mol. The molecule has 1 atom stereocenters. The average Bonchev–Trinajstić information content (AvgIpc) is 3.49. The van der Waals surface area contributed by atoms with Gasteiger partial charge in [-0.1, -0.05) is 6.07 Å². The van der Waals surface area contributed by atoms with Crippen LogP contribution in [-0.2, 0) is 11.3 Å². The highest BCUT2D eigenvalue weighted by atomic mass is 19.1. The zero-order chi connectivity index (χ0) is 26.1. The Hall–Kier alpha value is -4.16. The third kappa shape index (κ3) is 4.68. The van der Waals surface area contributed by atoms with E-state index in [9.17, 15) is 18.4 Å². The van der Waals surface area contributed by atoms with E-state index in [0.717, 1.165) is 41.2 Å². The molecule has 0 aliphatic carbocycles. The molecule has 1 aliphatic heterocycles. The number of nitrogens with two attached hydrogens (primary N) is 1. The normalized spacial score (nSPS) is 15.5. The minimum Gasteiger partial charge on any atom is -0.383 e. The van der Waals surface area contributed by atoms with Crippen molar-refractivity contribution in [1.29, 1.82) is 0 Å². The molecule has 12 heteroatoms. The first-order chi connectivity index (χ1) is 17.9. The summed E-state index contributed by atoms with van der Waals surface area (Å²) in [4.78, 5) is 27.7. The summed E-state index contributed by atoms with van der Waals surface area (Å²) in [7, 11) is 1.62. The molecule has 0 unspecified atom stereocenters. The van der Waals surface area contributed by atoms with Crippen LogP contribution in [0.5, 0.6) is 0 Å². The number of hydrogen-bond acceptors (Lipinski definition) is 7. The molecular formula is C25H25F2N7O3. The molecule has 1 saturated heterocycles. The molecule has 1 aliphatic rings. The zero-order valence-corrected chi connectivity index (χ0v) is 20.0. The lowest BCUT2D eigenvalue weighted by molar-refractivity contribution is 0.102. The smallest absolute Gasteiger partial charge is 0.276 e. The highest BCUT2D eigenvalue weighted by Crippen LogP contribution is 2.36. The number of ether oxygens (including phenoxy) is 1. The second-order valence-corrected chi connectivity index (χ2v) is 8.74. The van der Waals surface area contributed by atoms with Crippen LogP contribution < -0.4 is 21.5 Å². The molecule has 3 N–H and O–H groups in total. The number of anilines is 2. The minimum absolute atomic E-state index is 0.0109. The molecule has 2 aromatic carbocycles. The number of benzene rings is 2. The number of methoxy groups -OCH3 is 1. The van der Waals surface area contributed by atoms with Crippen LogP contribution in [0.3, 0.4) is 0 Å². The molecule has 10 nitrogen and oxygen atoms in total. The lowest BCUT2D eigenvalue weighted by Crippen LogP contribution is -2.28. The number of aromatic nitrogens is 4.